The van der Waals surface area contributed by atoms with Gasteiger partial charge in [0.25, 0.3) is 0 Å². The topological polar surface area (TPSA) is 69.6 Å². The summed E-state index contributed by atoms with van der Waals surface area (Å²) in [6.07, 6.45) is 0. The van der Waals surface area contributed by atoms with Crippen molar-refractivity contribution in [3.05, 3.63) is 114 Å². The van der Waals surface area contributed by atoms with Crippen LogP contribution in [-0.2, 0) is 10.2 Å². The largest absolute Gasteiger partial charge is 0.507 e. The fraction of sp³-hybridized carbons (Fsp3) is 0.0357. The Morgan fingerprint density at radius 2 is 1.00 bits per heavy atom. The Labute approximate surface area is 184 Å². The highest BCUT2D eigenvalue weighted by atomic mass is 16.3. The second-order valence-corrected chi connectivity index (χ2v) is 8.11. The lowest BCUT2D eigenvalue weighted by Gasteiger charge is -2.31. The molecule has 1 heterocycles. The van der Waals surface area contributed by atoms with Crippen molar-refractivity contribution < 1.29 is 15.0 Å². The molecule has 3 N–H and O–H groups in total. The maximum Gasteiger partial charge on any atom is 0.244 e. The van der Waals surface area contributed by atoms with Gasteiger partial charge in [0.05, 0.1) is 0 Å². The SMILES string of the molecule is O=C1Nc2ccccc2C1(c1ccc(O)c2ccccc12)c1ccc(O)c2ccccc12. The van der Waals surface area contributed by atoms with Crippen LogP contribution in [0.25, 0.3) is 21.5 Å². The average molecular weight is 417 g/mol. The Morgan fingerprint density at radius 1 is 0.531 bits per heavy atom. The maximum absolute atomic E-state index is 14.0. The molecule has 0 atom stereocenters. The Kier molecular flexibility index (Phi) is 3.80. The number of hydrogen-bond donors (Lipinski definition) is 3. The molecule has 1 aliphatic heterocycles. The Hall–Kier alpha value is -4.31. The predicted octanol–water partition coefficient (Wildman–Crippen LogP) is 5.69. The highest BCUT2D eigenvalue weighted by Crippen LogP contribution is 2.52. The third kappa shape index (κ3) is 2.29. The molecule has 0 radical (unpaired) electrons. The second kappa shape index (κ2) is 6.59. The quantitative estimate of drug-likeness (QED) is 0.346. The summed E-state index contributed by atoms with van der Waals surface area (Å²) in [5, 5.41) is 27.1. The first kappa shape index (κ1) is 18.5. The summed E-state index contributed by atoms with van der Waals surface area (Å²) in [6, 6.07) is 29.8. The molecule has 5 aromatic rings. The first-order valence-electron chi connectivity index (χ1n) is 10.5. The van der Waals surface area contributed by atoms with Gasteiger partial charge >= 0.3 is 0 Å². The zero-order valence-electron chi connectivity index (χ0n) is 17.0. The van der Waals surface area contributed by atoms with E-state index >= 15 is 0 Å². The van der Waals surface area contributed by atoms with Crippen LogP contribution in [0.5, 0.6) is 11.5 Å². The van der Waals surface area contributed by atoms with Gasteiger partial charge in [-0.25, -0.2) is 0 Å². The number of phenols is 2. The number of para-hydroxylation sites is 1. The number of carbonyl (C=O) groups is 1. The smallest absolute Gasteiger partial charge is 0.244 e. The fourth-order valence-electron chi connectivity index (χ4n) is 5.16. The lowest BCUT2D eigenvalue weighted by atomic mass is 9.67. The van der Waals surface area contributed by atoms with Crippen LogP contribution in [0, 0.1) is 0 Å². The molecule has 4 nitrogen and oxygen atoms in total. The molecule has 0 saturated carbocycles. The van der Waals surface area contributed by atoms with E-state index in [4.69, 9.17) is 0 Å². The van der Waals surface area contributed by atoms with Gasteiger partial charge < -0.3 is 15.5 Å². The molecule has 1 amide bonds. The van der Waals surface area contributed by atoms with Gasteiger partial charge in [-0.2, -0.15) is 0 Å². The first-order chi connectivity index (χ1) is 15.6. The van der Waals surface area contributed by atoms with Crippen LogP contribution in [0.4, 0.5) is 5.69 Å². The van der Waals surface area contributed by atoms with Gasteiger partial charge in [0.2, 0.25) is 5.91 Å². The van der Waals surface area contributed by atoms with E-state index in [0.717, 1.165) is 33.2 Å². The van der Waals surface area contributed by atoms with Gasteiger partial charge in [-0.15, -0.1) is 0 Å². The number of anilines is 1. The van der Waals surface area contributed by atoms with E-state index < -0.39 is 5.41 Å². The molecule has 32 heavy (non-hydrogen) atoms. The molecule has 0 bridgehead atoms. The van der Waals surface area contributed by atoms with E-state index in [0.29, 0.717) is 10.8 Å². The number of phenolic OH excluding ortho intramolecular Hbond substituents is 2. The standard InChI is InChI=1S/C28H19NO3/c30-25-15-13-21(17-7-1-3-9-19(17)25)28(23-11-5-6-12-24(23)29-27(28)32)22-14-16-26(31)20-10-4-2-8-18(20)22/h1-16,30-31H,(H,29,32). The van der Waals surface area contributed by atoms with Crippen LogP contribution in [0.2, 0.25) is 0 Å². The van der Waals surface area contributed by atoms with Crippen LogP contribution in [-0.4, -0.2) is 16.1 Å². The number of hydrogen-bond acceptors (Lipinski definition) is 3. The molecule has 5 aromatic carbocycles. The van der Waals surface area contributed by atoms with Crippen LogP contribution >= 0.6 is 0 Å². The van der Waals surface area contributed by atoms with Gasteiger partial charge in [-0.3, -0.25) is 4.79 Å². The number of aromatic hydroxyl groups is 2. The third-order valence-corrected chi connectivity index (χ3v) is 6.53. The molecule has 6 rings (SSSR count). The zero-order chi connectivity index (χ0) is 21.9. The van der Waals surface area contributed by atoms with Crippen molar-refractivity contribution in [3.63, 3.8) is 0 Å². The van der Waals surface area contributed by atoms with Crippen LogP contribution < -0.4 is 5.32 Å². The van der Waals surface area contributed by atoms with Crippen molar-refractivity contribution in [3.8, 4) is 11.5 Å². The third-order valence-electron chi connectivity index (χ3n) is 6.53. The van der Waals surface area contributed by atoms with E-state index in [2.05, 4.69) is 5.32 Å². The summed E-state index contributed by atoms with van der Waals surface area (Å²) in [5.74, 6) is 0.175. The van der Waals surface area contributed by atoms with Gasteiger partial charge in [0.15, 0.2) is 0 Å². The summed E-state index contributed by atoms with van der Waals surface area (Å²) in [6.45, 7) is 0. The minimum absolute atomic E-state index is 0.162. The lowest BCUT2D eigenvalue weighted by Crippen LogP contribution is -2.37. The molecular formula is C28H19NO3. The summed E-state index contributed by atoms with van der Waals surface area (Å²) in [7, 11) is 0. The summed E-state index contributed by atoms with van der Waals surface area (Å²) in [4.78, 5) is 14.0. The molecule has 0 unspecified atom stereocenters. The number of fused-ring (bicyclic) bond motifs is 3. The lowest BCUT2D eigenvalue weighted by molar-refractivity contribution is -0.118. The molecule has 0 saturated heterocycles. The average Bonchev–Trinajstić information content (AvgIpc) is 3.12. The molecule has 0 aromatic heterocycles. The fourth-order valence-corrected chi connectivity index (χ4v) is 5.16. The van der Waals surface area contributed by atoms with E-state index in [1.165, 1.54) is 0 Å². The van der Waals surface area contributed by atoms with E-state index in [1.807, 2.05) is 84.9 Å². The monoisotopic (exact) mass is 417 g/mol. The predicted molar refractivity (Wildman–Crippen MR) is 126 cm³/mol. The molecule has 154 valence electrons. The minimum atomic E-state index is -1.16. The molecule has 0 aliphatic carbocycles. The van der Waals surface area contributed by atoms with Crippen LogP contribution in [0.3, 0.4) is 0 Å². The molecular weight excluding hydrogens is 398 g/mol. The molecule has 0 spiro atoms. The maximum atomic E-state index is 14.0. The number of carbonyl (C=O) groups excluding carboxylic acids is 1. The summed E-state index contributed by atoms with van der Waals surface area (Å²) < 4.78 is 0. The highest BCUT2D eigenvalue weighted by Gasteiger charge is 2.51. The number of amides is 1. The number of benzene rings is 5. The van der Waals surface area contributed by atoms with Crippen molar-refractivity contribution in [2.75, 3.05) is 5.32 Å². The number of rotatable bonds is 2. The molecule has 0 fully saturated rings. The Balaban J connectivity index is 1.84. The zero-order valence-corrected chi connectivity index (χ0v) is 17.0. The van der Waals surface area contributed by atoms with E-state index in [1.54, 1.807) is 12.1 Å². The van der Waals surface area contributed by atoms with Crippen LogP contribution in [0.15, 0.2) is 97.1 Å². The van der Waals surface area contributed by atoms with Gasteiger partial charge in [0, 0.05) is 22.0 Å². The second-order valence-electron chi connectivity index (χ2n) is 8.11. The van der Waals surface area contributed by atoms with Crippen LogP contribution in [0.1, 0.15) is 16.7 Å². The van der Waals surface area contributed by atoms with Gasteiger partial charge in [-0.1, -0.05) is 78.9 Å². The first-order valence-corrected chi connectivity index (χ1v) is 10.5. The summed E-state index contributed by atoms with van der Waals surface area (Å²) in [5.41, 5.74) is 2.01. The van der Waals surface area contributed by atoms with Crippen molar-refractivity contribution in [2.24, 2.45) is 0 Å². The van der Waals surface area contributed by atoms with Gasteiger partial charge in [-0.05, 0) is 40.1 Å². The van der Waals surface area contributed by atoms with Gasteiger partial charge in [0.1, 0.15) is 16.9 Å². The minimum Gasteiger partial charge on any atom is -0.507 e. The molecule has 1 aliphatic rings. The Bertz CT molecular complexity index is 1470. The van der Waals surface area contributed by atoms with Crippen molar-refractivity contribution >= 4 is 33.1 Å². The van der Waals surface area contributed by atoms with Crippen molar-refractivity contribution in [1.29, 1.82) is 0 Å². The number of nitrogens with one attached hydrogen (secondary N) is 1. The van der Waals surface area contributed by atoms with E-state index in [-0.39, 0.29) is 17.4 Å². The Morgan fingerprint density at radius 3 is 1.56 bits per heavy atom. The highest BCUT2D eigenvalue weighted by molar-refractivity contribution is 6.16. The van der Waals surface area contributed by atoms with Crippen molar-refractivity contribution in [2.45, 2.75) is 5.41 Å². The van der Waals surface area contributed by atoms with E-state index in [9.17, 15) is 15.0 Å². The summed E-state index contributed by atoms with van der Waals surface area (Å²) >= 11 is 0. The molecule has 4 heteroatoms. The normalized spacial score (nSPS) is 14.4. The van der Waals surface area contributed by atoms with Crippen molar-refractivity contribution in [1.82, 2.24) is 0 Å².